The fraction of sp³-hybridized carbons (Fsp3) is 0.417. The lowest BCUT2D eigenvalue weighted by Crippen LogP contribution is -2.16. The number of carbonyl (C=O) groups is 1. The van der Waals surface area contributed by atoms with Crippen molar-refractivity contribution in [3.8, 4) is 11.5 Å². The maximum Gasteiger partial charge on any atom is 0.303 e. The fourth-order valence-corrected chi connectivity index (χ4v) is 2.04. The van der Waals surface area contributed by atoms with E-state index in [4.69, 9.17) is 26.2 Å². The fourth-order valence-electron chi connectivity index (χ4n) is 1.80. The molecule has 0 atom stereocenters. The van der Waals surface area contributed by atoms with Gasteiger partial charge in [-0.25, -0.2) is 0 Å². The van der Waals surface area contributed by atoms with Crippen LogP contribution in [0.25, 0.3) is 0 Å². The first kappa shape index (κ1) is 12.0. The van der Waals surface area contributed by atoms with Gasteiger partial charge < -0.3 is 14.6 Å². The molecule has 0 spiro atoms. The topological polar surface area (TPSA) is 55.8 Å². The van der Waals surface area contributed by atoms with Crippen molar-refractivity contribution in [1.29, 1.82) is 0 Å². The monoisotopic (exact) mass is 256 g/mol. The first-order valence-electron chi connectivity index (χ1n) is 5.47. The number of halogens is 1. The summed E-state index contributed by atoms with van der Waals surface area (Å²) in [5.41, 5.74) is 0.838. The maximum absolute atomic E-state index is 10.5. The second-order valence-electron chi connectivity index (χ2n) is 3.80. The molecule has 0 saturated carbocycles. The van der Waals surface area contributed by atoms with E-state index in [9.17, 15) is 4.79 Å². The molecular formula is C12H13ClO4. The first-order valence-corrected chi connectivity index (χ1v) is 5.85. The van der Waals surface area contributed by atoms with Gasteiger partial charge in [-0.15, -0.1) is 0 Å². The van der Waals surface area contributed by atoms with E-state index in [1.54, 1.807) is 12.1 Å². The van der Waals surface area contributed by atoms with Crippen LogP contribution in [-0.4, -0.2) is 24.3 Å². The molecule has 5 heteroatoms. The van der Waals surface area contributed by atoms with E-state index in [0.29, 0.717) is 42.6 Å². The summed E-state index contributed by atoms with van der Waals surface area (Å²) in [4.78, 5) is 10.5. The Hall–Kier alpha value is -1.42. The van der Waals surface area contributed by atoms with Gasteiger partial charge in [-0.3, -0.25) is 4.79 Å². The lowest BCUT2D eigenvalue weighted by Gasteiger charge is -2.21. The highest BCUT2D eigenvalue weighted by molar-refractivity contribution is 6.31. The van der Waals surface area contributed by atoms with E-state index in [1.165, 1.54) is 0 Å². The van der Waals surface area contributed by atoms with Gasteiger partial charge in [0.1, 0.15) is 13.2 Å². The van der Waals surface area contributed by atoms with Gasteiger partial charge in [-0.05, 0) is 25.0 Å². The van der Waals surface area contributed by atoms with Crippen LogP contribution in [0.3, 0.4) is 0 Å². The second-order valence-corrected chi connectivity index (χ2v) is 4.20. The second kappa shape index (κ2) is 5.27. The first-order chi connectivity index (χ1) is 8.18. The minimum atomic E-state index is -0.803. The number of hydrogen-bond donors (Lipinski definition) is 1. The van der Waals surface area contributed by atoms with E-state index < -0.39 is 5.97 Å². The van der Waals surface area contributed by atoms with Crippen LogP contribution in [0.5, 0.6) is 11.5 Å². The van der Waals surface area contributed by atoms with Gasteiger partial charge in [0, 0.05) is 17.0 Å². The minimum Gasteiger partial charge on any atom is -0.486 e. The Balaban J connectivity index is 2.16. The number of ether oxygens (including phenoxy) is 2. The number of aliphatic carboxylic acids is 1. The number of carboxylic acid groups (broad SMARTS) is 1. The molecule has 0 aromatic heterocycles. The van der Waals surface area contributed by atoms with E-state index in [1.807, 2.05) is 0 Å². The minimum absolute atomic E-state index is 0.126. The highest BCUT2D eigenvalue weighted by atomic mass is 35.5. The van der Waals surface area contributed by atoms with Gasteiger partial charge in [0.05, 0.1) is 0 Å². The summed E-state index contributed by atoms with van der Waals surface area (Å²) in [5.74, 6) is 0.545. The highest BCUT2D eigenvalue weighted by Crippen LogP contribution is 2.38. The molecule has 1 N–H and O–H groups in total. The molecule has 2 rings (SSSR count). The smallest absolute Gasteiger partial charge is 0.303 e. The van der Waals surface area contributed by atoms with Crippen molar-refractivity contribution in [2.75, 3.05) is 13.2 Å². The van der Waals surface area contributed by atoms with E-state index in [-0.39, 0.29) is 6.42 Å². The van der Waals surface area contributed by atoms with Crippen molar-refractivity contribution >= 4 is 17.6 Å². The quantitative estimate of drug-likeness (QED) is 0.899. The molecule has 0 bridgehead atoms. The van der Waals surface area contributed by atoms with Gasteiger partial charge in [0.2, 0.25) is 0 Å². The normalized spacial score (nSPS) is 13.5. The van der Waals surface area contributed by atoms with Crippen LogP contribution in [0.1, 0.15) is 18.4 Å². The molecule has 0 unspecified atom stereocenters. The van der Waals surface area contributed by atoms with Crippen LogP contribution in [0.2, 0.25) is 5.02 Å². The molecule has 0 aliphatic carbocycles. The van der Waals surface area contributed by atoms with Crippen LogP contribution in [-0.2, 0) is 11.2 Å². The van der Waals surface area contributed by atoms with Gasteiger partial charge in [0.15, 0.2) is 11.5 Å². The van der Waals surface area contributed by atoms with Crippen molar-refractivity contribution < 1.29 is 19.4 Å². The largest absolute Gasteiger partial charge is 0.486 e. The van der Waals surface area contributed by atoms with E-state index in [2.05, 4.69) is 0 Å². The van der Waals surface area contributed by atoms with Crippen LogP contribution < -0.4 is 9.47 Å². The zero-order valence-electron chi connectivity index (χ0n) is 9.24. The predicted molar refractivity (Wildman–Crippen MR) is 63.0 cm³/mol. The molecule has 17 heavy (non-hydrogen) atoms. The number of hydrogen-bond acceptors (Lipinski definition) is 3. The average molecular weight is 257 g/mol. The molecule has 0 radical (unpaired) electrons. The van der Waals surface area contributed by atoms with Crippen molar-refractivity contribution in [2.24, 2.45) is 0 Å². The van der Waals surface area contributed by atoms with Crippen molar-refractivity contribution in [3.05, 3.63) is 22.7 Å². The third-order valence-electron chi connectivity index (χ3n) is 2.57. The molecule has 0 saturated heterocycles. The highest BCUT2D eigenvalue weighted by Gasteiger charge is 2.18. The van der Waals surface area contributed by atoms with Gasteiger partial charge >= 0.3 is 5.97 Å². The molecule has 1 aliphatic rings. The van der Waals surface area contributed by atoms with E-state index >= 15 is 0 Å². The standard InChI is InChI=1S/C12H13ClO4/c13-9-4-5-10-12(17-7-6-16-10)8(9)2-1-3-11(14)15/h4-5H,1-3,6-7H2,(H,14,15). The molecule has 1 aliphatic heterocycles. The zero-order chi connectivity index (χ0) is 12.3. The summed E-state index contributed by atoms with van der Waals surface area (Å²) < 4.78 is 11.0. The Bertz CT molecular complexity index is 431. The summed E-state index contributed by atoms with van der Waals surface area (Å²) in [7, 11) is 0. The Morgan fingerprint density at radius 2 is 2.12 bits per heavy atom. The summed E-state index contributed by atoms with van der Waals surface area (Å²) >= 11 is 6.09. The predicted octanol–water partition coefficient (Wildman–Crippen LogP) is 2.52. The van der Waals surface area contributed by atoms with Crippen molar-refractivity contribution in [1.82, 2.24) is 0 Å². The molecule has 4 nitrogen and oxygen atoms in total. The number of benzene rings is 1. The van der Waals surface area contributed by atoms with Crippen molar-refractivity contribution in [3.63, 3.8) is 0 Å². The van der Waals surface area contributed by atoms with Crippen LogP contribution in [0, 0.1) is 0 Å². The Kier molecular flexibility index (Phi) is 3.74. The average Bonchev–Trinajstić information content (AvgIpc) is 2.32. The maximum atomic E-state index is 10.5. The summed E-state index contributed by atoms with van der Waals surface area (Å²) in [5, 5.41) is 9.21. The molecule has 0 fully saturated rings. The van der Waals surface area contributed by atoms with Gasteiger partial charge in [-0.2, -0.15) is 0 Å². The van der Waals surface area contributed by atoms with E-state index in [0.717, 1.165) is 5.56 Å². The third kappa shape index (κ3) is 2.82. The number of carboxylic acids is 1. The lowest BCUT2D eigenvalue weighted by molar-refractivity contribution is -0.137. The van der Waals surface area contributed by atoms with Crippen molar-refractivity contribution in [2.45, 2.75) is 19.3 Å². The number of rotatable bonds is 4. The Labute approximate surface area is 104 Å². The molecule has 92 valence electrons. The summed E-state index contributed by atoms with van der Waals surface area (Å²) in [6.45, 7) is 1.03. The SMILES string of the molecule is O=C(O)CCCc1c(Cl)ccc2c1OCCO2. The van der Waals surface area contributed by atoms with Gasteiger partial charge in [0.25, 0.3) is 0 Å². The lowest BCUT2D eigenvalue weighted by atomic mass is 10.1. The third-order valence-corrected chi connectivity index (χ3v) is 2.93. The molecular weight excluding hydrogens is 244 g/mol. The summed E-state index contributed by atoms with van der Waals surface area (Å²) in [6, 6.07) is 3.53. The van der Waals surface area contributed by atoms with Crippen LogP contribution >= 0.6 is 11.6 Å². The Morgan fingerprint density at radius 1 is 1.35 bits per heavy atom. The van der Waals surface area contributed by atoms with Gasteiger partial charge in [-0.1, -0.05) is 11.6 Å². The summed E-state index contributed by atoms with van der Waals surface area (Å²) in [6.07, 6.45) is 1.24. The Morgan fingerprint density at radius 3 is 2.88 bits per heavy atom. The molecule has 0 amide bonds. The zero-order valence-corrected chi connectivity index (χ0v) is 10.00. The van der Waals surface area contributed by atoms with Crippen LogP contribution in [0.15, 0.2) is 12.1 Å². The van der Waals surface area contributed by atoms with Crippen LogP contribution in [0.4, 0.5) is 0 Å². The molecule has 1 aromatic rings. The number of fused-ring (bicyclic) bond motifs is 1. The molecule has 1 aromatic carbocycles. The molecule has 1 heterocycles.